The topological polar surface area (TPSA) is 139 Å². The summed E-state index contributed by atoms with van der Waals surface area (Å²) in [5.41, 5.74) is 0.289. The number of rotatable bonds is 8. The van der Waals surface area contributed by atoms with Crippen LogP contribution in [0.15, 0.2) is 24.3 Å². The molecule has 0 radical (unpaired) electrons. The highest BCUT2D eigenvalue weighted by molar-refractivity contribution is 5.67. The number of nitrogens with zero attached hydrogens (tertiary/aromatic N) is 1. The number of aliphatic hydroxyl groups excluding tert-OH is 2. The van der Waals surface area contributed by atoms with Gasteiger partial charge in [0.2, 0.25) is 0 Å². The van der Waals surface area contributed by atoms with Crippen LogP contribution in [0.2, 0.25) is 0 Å². The molecule has 0 bridgehead atoms. The largest absolute Gasteiger partial charge is 0.509 e. The molecule has 0 aliphatic carbocycles. The highest BCUT2D eigenvalue weighted by atomic mass is 16.7. The second-order valence-corrected chi connectivity index (χ2v) is 9.88. The van der Waals surface area contributed by atoms with Crippen molar-refractivity contribution >= 4 is 12.2 Å². The number of hydrogen-bond acceptors (Lipinski definition) is 10. The number of ether oxygens (including phenoxy) is 4. The van der Waals surface area contributed by atoms with Crippen LogP contribution in [0.5, 0.6) is 5.75 Å². The number of aliphatic hydroxyl groups is 2. The first-order valence-electron chi connectivity index (χ1n) is 11.8. The minimum Gasteiger partial charge on any atom is -0.497 e. The van der Waals surface area contributed by atoms with Crippen LogP contribution < -0.4 is 15.4 Å². The van der Waals surface area contributed by atoms with E-state index in [2.05, 4.69) is 10.6 Å². The number of β-amino-alcohol motifs (C(OH)–C–C–N with tert-alkyl or cyclic N) is 2. The van der Waals surface area contributed by atoms with Crippen LogP contribution in [0, 0.1) is 0 Å². The summed E-state index contributed by atoms with van der Waals surface area (Å²) in [6, 6.07) is 7.28. The lowest BCUT2D eigenvalue weighted by Gasteiger charge is -2.26. The predicted molar refractivity (Wildman–Crippen MR) is 126 cm³/mol. The summed E-state index contributed by atoms with van der Waals surface area (Å²) < 4.78 is 21.7. The summed E-state index contributed by atoms with van der Waals surface area (Å²) in [5.74, 6) is 0.740. The van der Waals surface area contributed by atoms with Crippen LogP contribution in [0.1, 0.15) is 26.3 Å². The fourth-order valence-electron chi connectivity index (χ4n) is 4.14. The number of alkyl carbamates (subject to hydrolysis) is 1. The molecule has 2 fully saturated rings. The Kier molecular flexibility index (Phi) is 9.17. The lowest BCUT2D eigenvalue weighted by atomic mass is 10.0. The lowest BCUT2D eigenvalue weighted by molar-refractivity contribution is -0.0518. The van der Waals surface area contributed by atoms with Gasteiger partial charge in [0, 0.05) is 32.7 Å². The van der Waals surface area contributed by atoms with Gasteiger partial charge in [-0.3, -0.25) is 4.90 Å². The molecule has 35 heavy (non-hydrogen) atoms. The van der Waals surface area contributed by atoms with Gasteiger partial charge in [0.25, 0.3) is 0 Å². The molecule has 5 atom stereocenters. The van der Waals surface area contributed by atoms with Crippen LogP contribution in [0.3, 0.4) is 0 Å². The van der Waals surface area contributed by atoms with E-state index >= 15 is 0 Å². The van der Waals surface area contributed by atoms with E-state index in [1.807, 2.05) is 29.2 Å². The van der Waals surface area contributed by atoms with Crippen molar-refractivity contribution in [3.63, 3.8) is 0 Å². The quantitative estimate of drug-likeness (QED) is 0.381. The van der Waals surface area contributed by atoms with Gasteiger partial charge in [-0.05, 0) is 44.9 Å². The van der Waals surface area contributed by atoms with Gasteiger partial charge in [-0.15, -0.1) is 0 Å². The predicted octanol–water partition coefficient (Wildman–Crippen LogP) is 0.662. The Morgan fingerprint density at radius 1 is 1.11 bits per heavy atom. The first kappa shape index (κ1) is 27.0. The fraction of sp³-hybridized carbons (Fsp3) is 0.667. The van der Waals surface area contributed by atoms with E-state index in [-0.39, 0.29) is 12.6 Å². The molecule has 0 aromatic heterocycles. The summed E-state index contributed by atoms with van der Waals surface area (Å²) >= 11 is 0. The van der Waals surface area contributed by atoms with Gasteiger partial charge in [0.15, 0.2) is 12.2 Å². The average Bonchev–Trinajstić information content (AvgIpc) is 3.29. The van der Waals surface area contributed by atoms with Crippen molar-refractivity contribution in [3.8, 4) is 5.75 Å². The molecule has 1 aromatic rings. The maximum Gasteiger partial charge on any atom is 0.509 e. The third kappa shape index (κ3) is 8.24. The zero-order valence-electron chi connectivity index (χ0n) is 20.7. The molecule has 2 aliphatic rings. The average molecular weight is 496 g/mol. The van der Waals surface area contributed by atoms with Gasteiger partial charge < -0.3 is 39.8 Å². The number of nitrogens with one attached hydrogen (secondary N) is 2. The zero-order chi connectivity index (χ0) is 25.6. The summed E-state index contributed by atoms with van der Waals surface area (Å²) in [6.07, 6.45) is -3.94. The second-order valence-electron chi connectivity index (χ2n) is 9.88. The van der Waals surface area contributed by atoms with Gasteiger partial charge in [0.05, 0.1) is 25.4 Å². The molecular weight excluding hydrogens is 458 g/mol. The van der Waals surface area contributed by atoms with Crippen molar-refractivity contribution in [2.45, 2.75) is 63.3 Å². The normalized spacial score (nSPS) is 26.9. The molecule has 2 aliphatic heterocycles. The molecule has 2 saturated heterocycles. The van der Waals surface area contributed by atoms with Crippen molar-refractivity contribution in [1.82, 2.24) is 15.5 Å². The highest BCUT2D eigenvalue weighted by Gasteiger charge is 2.42. The summed E-state index contributed by atoms with van der Waals surface area (Å²) in [4.78, 5) is 26.7. The summed E-state index contributed by atoms with van der Waals surface area (Å²) in [6.45, 7) is 6.97. The van der Waals surface area contributed by atoms with Crippen molar-refractivity contribution in [2.75, 3.05) is 39.8 Å². The third-order valence-electron chi connectivity index (χ3n) is 5.87. The van der Waals surface area contributed by atoms with E-state index in [0.717, 1.165) is 11.3 Å². The molecule has 11 nitrogen and oxygen atoms in total. The third-order valence-corrected chi connectivity index (χ3v) is 5.87. The van der Waals surface area contributed by atoms with E-state index in [4.69, 9.17) is 18.9 Å². The molecule has 1 aromatic carbocycles. The SMILES string of the molecule is COc1ccc(C[C@H]2NC[C@H](OC(=O)OC(C)(C)C)[C@H]2OC(=O)NCCN2C[C@@H](O)[C@H](O)C2)cc1. The minimum atomic E-state index is -0.824. The van der Waals surface area contributed by atoms with Crippen LogP contribution in [0.25, 0.3) is 0 Å². The molecular formula is C24H37N3O8. The molecule has 0 spiro atoms. The smallest absolute Gasteiger partial charge is 0.497 e. The lowest BCUT2D eigenvalue weighted by Crippen LogP contribution is -2.44. The minimum absolute atomic E-state index is 0.277. The Labute approximate surface area is 205 Å². The van der Waals surface area contributed by atoms with Gasteiger partial charge in [0.1, 0.15) is 11.4 Å². The van der Waals surface area contributed by atoms with Gasteiger partial charge in [-0.2, -0.15) is 0 Å². The van der Waals surface area contributed by atoms with Crippen molar-refractivity contribution in [3.05, 3.63) is 29.8 Å². The Balaban J connectivity index is 1.59. The number of carbonyl (C=O) groups excluding carboxylic acids is 2. The summed E-state index contributed by atoms with van der Waals surface area (Å²) in [7, 11) is 1.60. The van der Waals surface area contributed by atoms with E-state index < -0.39 is 42.3 Å². The standard InChI is InChI=1S/C24H37N3O8/c1-24(2,3)35-23(31)33-20-12-26-17(11-15-5-7-16(32-4)8-6-15)21(20)34-22(30)25-9-10-27-13-18(28)19(29)14-27/h5-8,17-21,26,28-29H,9-14H2,1-4H3,(H,25,30)/t17-,18-,19-,20+,21+/m1/s1. The van der Waals surface area contributed by atoms with E-state index in [9.17, 15) is 19.8 Å². The Morgan fingerprint density at radius 3 is 2.37 bits per heavy atom. The van der Waals surface area contributed by atoms with E-state index in [1.54, 1.807) is 27.9 Å². The molecule has 0 unspecified atom stereocenters. The van der Waals surface area contributed by atoms with E-state index in [0.29, 0.717) is 32.6 Å². The van der Waals surface area contributed by atoms with Crippen molar-refractivity contribution < 1.29 is 38.7 Å². The van der Waals surface area contributed by atoms with Gasteiger partial charge in [-0.25, -0.2) is 9.59 Å². The number of amides is 1. The molecule has 3 rings (SSSR count). The second kappa shape index (κ2) is 11.9. The Morgan fingerprint density at radius 2 is 1.77 bits per heavy atom. The molecule has 2 heterocycles. The molecule has 0 saturated carbocycles. The molecule has 196 valence electrons. The first-order valence-corrected chi connectivity index (χ1v) is 11.8. The monoisotopic (exact) mass is 495 g/mol. The van der Waals surface area contributed by atoms with Crippen molar-refractivity contribution in [1.29, 1.82) is 0 Å². The van der Waals surface area contributed by atoms with Gasteiger partial charge in [-0.1, -0.05) is 12.1 Å². The van der Waals surface area contributed by atoms with Crippen LogP contribution in [-0.4, -0.2) is 103 Å². The van der Waals surface area contributed by atoms with Crippen molar-refractivity contribution in [2.24, 2.45) is 0 Å². The summed E-state index contributed by atoms with van der Waals surface area (Å²) in [5, 5.41) is 25.3. The number of benzene rings is 1. The fourth-order valence-corrected chi connectivity index (χ4v) is 4.14. The maximum absolute atomic E-state index is 12.6. The molecule has 4 N–H and O–H groups in total. The Bertz CT molecular complexity index is 834. The van der Waals surface area contributed by atoms with Gasteiger partial charge >= 0.3 is 12.2 Å². The maximum atomic E-state index is 12.6. The van der Waals surface area contributed by atoms with Crippen LogP contribution in [0.4, 0.5) is 9.59 Å². The number of likely N-dealkylation sites (tertiary alicyclic amines) is 1. The number of hydrogen-bond donors (Lipinski definition) is 4. The first-order chi connectivity index (χ1) is 16.5. The van der Waals surface area contributed by atoms with E-state index in [1.165, 1.54) is 0 Å². The number of methoxy groups -OCH3 is 1. The molecule has 1 amide bonds. The van der Waals surface area contributed by atoms with Crippen LogP contribution >= 0.6 is 0 Å². The zero-order valence-corrected chi connectivity index (χ0v) is 20.7. The molecule has 11 heteroatoms. The highest BCUT2D eigenvalue weighted by Crippen LogP contribution is 2.22. The Hall–Kier alpha value is -2.60. The van der Waals surface area contributed by atoms with Crippen LogP contribution in [-0.2, 0) is 20.6 Å². The number of carbonyl (C=O) groups is 2.